The van der Waals surface area contributed by atoms with E-state index in [0.717, 1.165) is 0 Å². The summed E-state index contributed by atoms with van der Waals surface area (Å²) in [5.74, 6) is -0.105. The highest BCUT2D eigenvalue weighted by Gasteiger charge is 2.13. The lowest BCUT2D eigenvalue weighted by molar-refractivity contribution is 0.103. The quantitative estimate of drug-likeness (QED) is 0.552. The third kappa shape index (κ3) is 1.98. The van der Waals surface area contributed by atoms with Gasteiger partial charge in [-0.25, -0.2) is 0 Å². The SMILES string of the molecule is C/C=C/C(=O)c1c(Cl)cnn1CC. The fourth-order valence-corrected chi connectivity index (χ4v) is 1.31. The molecular formula is C9H11ClN2O. The molecule has 0 saturated heterocycles. The highest BCUT2D eigenvalue weighted by molar-refractivity contribution is 6.34. The van der Waals surface area contributed by atoms with Crippen molar-refractivity contribution in [3.8, 4) is 0 Å². The fraction of sp³-hybridized carbons (Fsp3) is 0.333. The Balaban J connectivity index is 3.10. The van der Waals surface area contributed by atoms with Crippen LogP contribution in [0.2, 0.25) is 5.02 Å². The molecular weight excluding hydrogens is 188 g/mol. The number of halogens is 1. The largest absolute Gasteiger partial charge is 0.288 e. The third-order valence-electron chi connectivity index (χ3n) is 1.65. The van der Waals surface area contributed by atoms with E-state index in [2.05, 4.69) is 5.10 Å². The van der Waals surface area contributed by atoms with Crippen molar-refractivity contribution in [2.75, 3.05) is 0 Å². The Labute approximate surface area is 82.0 Å². The summed E-state index contributed by atoms with van der Waals surface area (Å²) in [4.78, 5) is 11.5. The van der Waals surface area contributed by atoms with Crippen LogP contribution in [0.4, 0.5) is 0 Å². The van der Waals surface area contributed by atoms with Crippen LogP contribution in [0, 0.1) is 0 Å². The van der Waals surface area contributed by atoms with Gasteiger partial charge in [0.05, 0.1) is 11.2 Å². The molecule has 0 fully saturated rings. The molecule has 0 bridgehead atoms. The van der Waals surface area contributed by atoms with Gasteiger partial charge >= 0.3 is 0 Å². The molecule has 13 heavy (non-hydrogen) atoms. The molecule has 1 rings (SSSR count). The van der Waals surface area contributed by atoms with Crippen LogP contribution < -0.4 is 0 Å². The van der Waals surface area contributed by atoms with Crippen LogP contribution in [0.25, 0.3) is 0 Å². The van der Waals surface area contributed by atoms with Crippen LogP contribution in [-0.4, -0.2) is 15.6 Å². The zero-order chi connectivity index (χ0) is 9.84. The average Bonchev–Trinajstić information content (AvgIpc) is 2.47. The predicted octanol–water partition coefficient (Wildman–Crippen LogP) is 2.32. The van der Waals surface area contributed by atoms with Gasteiger partial charge in [-0.05, 0) is 19.9 Å². The van der Waals surface area contributed by atoms with Crippen molar-refractivity contribution < 1.29 is 4.79 Å². The molecule has 0 unspecified atom stereocenters. The second-order valence-corrected chi connectivity index (χ2v) is 2.93. The van der Waals surface area contributed by atoms with Crippen molar-refractivity contribution in [1.29, 1.82) is 0 Å². The lowest BCUT2D eigenvalue weighted by Crippen LogP contribution is -2.07. The lowest BCUT2D eigenvalue weighted by atomic mass is 10.2. The maximum atomic E-state index is 11.5. The molecule has 70 valence electrons. The molecule has 1 heterocycles. The topological polar surface area (TPSA) is 34.9 Å². The van der Waals surface area contributed by atoms with Gasteiger partial charge in [0.1, 0.15) is 5.69 Å². The highest BCUT2D eigenvalue weighted by atomic mass is 35.5. The van der Waals surface area contributed by atoms with Crippen LogP contribution in [0.15, 0.2) is 18.3 Å². The molecule has 0 atom stereocenters. The van der Waals surface area contributed by atoms with Gasteiger partial charge < -0.3 is 0 Å². The van der Waals surface area contributed by atoms with Gasteiger partial charge in [-0.15, -0.1) is 0 Å². The van der Waals surface area contributed by atoms with E-state index >= 15 is 0 Å². The molecule has 3 nitrogen and oxygen atoms in total. The molecule has 0 saturated carbocycles. The van der Waals surface area contributed by atoms with Gasteiger partial charge in [0.2, 0.25) is 5.78 Å². The highest BCUT2D eigenvalue weighted by Crippen LogP contribution is 2.15. The first-order chi connectivity index (χ1) is 6.20. The predicted molar refractivity (Wildman–Crippen MR) is 52.1 cm³/mol. The summed E-state index contributed by atoms with van der Waals surface area (Å²) in [5, 5.41) is 4.37. The van der Waals surface area contributed by atoms with Crippen molar-refractivity contribution in [2.45, 2.75) is 20.4 Å². The maximum absolute atomic E-state index is 11.5. The van der Waals surface area contributed by atoms with Gasteiger partial charge in [0, 0.05) is 6.54 Å². The van der Waals surface area contributed by atoms with E-state index in [1.807, 2.05) is 6.92 Å². The maximum Gasteiger partial charge on any atom is 0.205 e. The Morgan fingerprint density at radius 3 is 3.00 bits per heavy atom. The Kier molecular flexibility index (Phi) is 3.25. The van der Waals surface area contributed by atoms with E-state index in [1.165, 1.54) is 12.3 Å². The van der Waals surface area contributed by atoms with Crippen LogP contribution in [-0.2, 0) is 6.54 Å². The minimum atomic E-state index is -0.105. The zero-order valence-electron chi connectivity index (χ0n) is 7.62. The standard InChI is InChI=1S/C9H11ClN2O/c1-3-5-8(13)9-7(10)6-11-12(9)4-2/h3,5-6H,4H2,1-2H3/b5-3+. The molecule has 0 aliphatic carbocycles. The molecule has 0 amide bonds. The van der Waals surface area contributed by atoms with E-state index in [4.69, 9.17) is 11.6 Å². The fourth-order valence-electron chi connectivity index (χ4n) is 1.08. The smallest absolute Gasteiger partial charge is 0.205 e. The van der Waals surface area contributed by atoms with E-state index in [1.54, 1.807) is 17.7 Å². The molecule has 4 heteroatoms. The van der Waals surface area contributed by atoms with Gasteiger partial charge in [0.25, 0.3) is 0 Å². The van der Waals surface area contributed by atoms with E-state index in [-0.39, 0.29) is 5.78 Å². The molecule has 1 aromatic heterocycles. The minimum absolute atomic E-state index is 0.105. The molecule has 0 aliphatic heterocycles. The summed E-state index contributed by atoms with van der Waals surface area (Å²) in [7, 11) is 0. The summed E-state index contributed by atoms with van der Waals surface area (Å²) < 4.78 is 1.59. The summed E-state index contributed by atoms with van der Waals surface area (Å²) in [6, 6.07) is 0. The van der Waals surface area contributed by atoms with Crippen LogP contribution in [0.5, 0.6) is 0 Å². The second kappa shape index (κ2) is 4.23. The van der Waals surface area contributed by atoms with Crippen molar-refractivity contribution in [1.82, 2.24) is 9.78 Å². The molecule has 0 aromatic carbocycles. The number of carbonyl (C=O) groups excluding carboxylic acids is 1. The van der Waals surface area contributed by atoms with Crippen LogP contribution in [0.1, 0.15) is 24.3 Å². The molecule has 0 N–H and O–H groups in total. The number of rotatable bonds is 3. The second-order valence-electron chi connectivity index (χ2n) is 2.52. The third-order valence-corrected chi connectivity index (χ3v) is 1.92. The van der Waals surface area contributed by atoms with Gasteiger partial charge in [-0.1, -0.05) is 17.7 Å². The number of hydrogen-bond acceptors (Lipinski definition) is 2. The zero-order valence-corrected chi connectivity index (χ0v) is 8.38. The van der Waals surface area contributed by atoms with Gasteiger partial charge in [0.15, 0.2) is 0 Å². The number of carbonyl (C=O) groups is 1. The van der Waals surface area contributed by atoms with Crippen molar-refractivity contribution in [2.24, 2.45) is 0 Å². The van der Waals surface area contributed by atoms with Gasteiger partial charge in [-0.3, -0.25) is 9.48 Å². The van der Waals surface area contributed by atoms with Crippen LogP contribution >= 0.6 is 11.6 Å². The Morgan fingerprint density at radius 2 is 2.46 bits per heavy atom. The van der Waals surface area contributed by atoms with Crippen molar-refractivity contribution in [3.05, 3.63) is 29.1 Å². The Hall–Kier alpha value is -1.09. The summed E-state index contributed by atoms with van der Waals surface area (Å²) in [5.41, 5.74) is 0.460. The minimum Gasteiger partial charge on any atom is -0.288 e. The Morgan fingerprint density at radius 1 is 1.77 bits per heavy atom. The molecule has 1 aromatic rings. The number of ketones is 1. The molecule has 0 radical (unpaired) electrons. The summed E-state index contributed by atoms with van der Waals surface area (Å²) in [6.45, 7) is 4.35. The molecule has 0 spiro atoms. The Bertz CT molecular complexity index is 341. The number of aromatic nitrogens is 2. The van der Waals surface area contributed by atoms with Crippen molar-refractivity contribution in [3.63, 3.8) is 0 Å². The summed E-state index contributed by atoms with van der Waals surface area (Å²) in [6.07, 6.45) is 4.66. The number of hydrogen-bond donors (Lipinski definition) is 0. The first-order valence-electron chi connectivity index (χ1n) is 4.09. The lowest BCUT2D eigenvalue weighted by Gasteiger charge is -2.00. The average molecular weight is 199 g/mol. The number of allylic oxidation sites excluding steroid dienone is 2. The monoisotopic (exact) mass is 198 g/mol. The summed E-state index contributed by atoms with van der Waals surface area (Å²) >= 11 is 5.82. The molecule has 0 aliphatic rings. The van der Waals surface area contributed by atoms with E-state index < -0.39 is 0 Å². The van der Waals surface area contributed by atoms with E-state index in [0.29, 0.717) is 17.3 Å². The van der Waals surface area contributed by atoms with Crippen molar-refractivity contribution >= 4 is 17.4 Å². The number of aryl methyl sites for hydroxylation is 1. The van der Waals surface area contributed by atoms with E-state index in [9.17, 15) is 4.79 Å². The van der Waals surface area contributed by atoms with Crippen LogP contribution in [0.3, 0.4) is 0 Å². The first kappa shape index (κ1) is 9.99. The van der Waals surface area contributed by atoms with Gasteiger partial charge in [-0.2, -0.15) is 5.10 Å². The number of nitrogens with zero attached hydrogens (tertiary/aromatic N) is 2. The first-order valence-corrected chi connectivity index (χ1v) is 4.46. The normalized spacial score (nSPS) is 11.0.